The maximum Gasteiger partial charge on any atom is 0.115 e. The van der Waals surface area contributed by atoms with Crippen LogP contribution in [-0.4, -0.2) is 24.5 Å². The lowest BCUT2D eigenvalue weighted by molar-refractivity contribution is -0.0224. The van der Waals surface area contributed by atoms with E-state index in [1.54, 1.807) is 6.26 Å². The van der Waals surface area contributed by atoms with Gasteiger partial charge in [-0.15, -0.1) is 6.58 Å². The van der Waals surface area contributed by atoms with Crippen molar-refractivity contribution < 1.29 is 9.15 Å². The van der Waals surface area contributed by atoms with Gasteiger partial charge in [-0.25, -0.2) is 0 Å². The molecule has 1 saturated carbocycles. The first-order chi connectivity index (χ1) is 11.6. The van der Waals surface area contributed by atoms with Gasteiger partial charge in [0.1, 0.15) is 5.76 Å². The summed E-state index contributed by atoms with van der Waals surface area (Å²) in [5, 5.41) is 4.51. The van der Waals surface area contributed by atoms with E-state index in [1.165, 1.54) is 12.8 Å². The zero-order valence-electron chi connectivity index (χ0n) is 15.1. The van der Waals surface area contributed by atoms with Crippen LogP contribution in [-0.2, 0) is 4.74 Å². The molecule has 0 radical (unpaired) electrons. The summed E-state index contributed by atoms with van der Waals surface area (Å²) >= 11 is 0. The molecular formula is C20H30N2O2. The molecule has 4 heteroatoms. The minimum absolute atomic E-state index is 0.0703. The molecule has 1 aliphatic heterocycles. The van der Waals surface area contributed by atoms with Gasteiger partial charge in [0.15, 0.2) is 0 Å². The van der Waals surface area contributed by atoms with E-state index < -0.39 is 0 Å². The molecule has 4 nitrogen and oxygen atoms in total. The minimum Gasteiger partial charge on any atom is -0.469 e. The molecule has 5 atom stereocenters. The molecule has 132 valence electrons. The average Bonchev–Trinajstić information content (AvgIpc) is 3.21. The predicted octanol–water partition coefficient (Wildman–Crippen LogP) is 4.35. The van der Waals surface area contributed by atoms with E-state index in [2.05, 4.69) is 37.9 Å². The van der Waals surface area contributed by atoms with Crippen LogP contribution >= 0.6 is 0 Å². The van der Waals surface area contributed by atoms with E-state index in [4.69, 9.17) is 9.15 Å². The monoisotopic (exact) mass is 330 g/mol. The van der Waals surface area contributed by atoms with Crippen LogP contribution < -0.4 is 5.43 Å². The van der Waals surface area contributed by atoms with Crippen molar-refractivity contribution in [2.24, 2.45) is 22.9 Å². The fourth-order valence-electron chi connectivity index (χ4n) is 4.13. The van der Waals surface area contributed by atoms with Gasteiger partial charge in [-0.1, -0.05) is 33.3 Å². The van der Waals surface area contributed by atoms with E-state index in [0.29, 0.717) is 24.5 Å². The van der Waals surface area contributed by atoms with E-state index in [1.807, 2.05) is 18.2 Å². The zero-order chi connectivity index (χ0) is 17.1. The second-order valence-corrected chi connectivity index (χ2v) is 7.66. The lowest BCUT2D eigenvalue weighted by Crippen LogP contribution is -2.36. The van der Waals surface area contributed by atoms with Crippen LogP contribution in [0.25, 0.3) is 0 Å². The molecule has 2 aliphatic rings. The summed E-state index contributed by atoms with van der Waals surface area (Å²) in [6, 6.07) is 3.99. The summed E-state index contributed by atoms with van der Waals surface area (Å²) < 4.78 is 12.0. The van der Waals surface area contributed by atoms with E-state index in [0.717, 1.165) is 23.8 Å². The van der Waals surface area contributed by atoms with Crippen LogP contribution in [0, 0.1) is 17.8 Å². The Balaban J connectivity index is 1.67. The summed E-state index contributed by atoms with van der Waals surface area (Å²) in [4.78, 5) is 0. The first-order valence-electron chi connectivity index (χ1n) is 9.19. The third kappa shape index (κ3) is 3.59. The second kappa shape index (κ2) is 7.56. The van der Waals surface area contributed by atoms with Gasteiger partial charge in [0.25, 0.3) is 0 Å². The molecule has 0 bridgehead atoms. The molecule has 0 saturated heterocycles. The predicted molar refractivity (Wildman–Crippen MR) is 97.1 cm³/mol. The Morgan fingerprint density at radius 3 is 2.96 bits per heavy atom. The Morgan fingerprint density at radius 1 is 1.46 bits per heavy atom. The Labute approximate surface area is 145 Å². The minimum atomic E-state index is 0.0703. The Bertz CT molecular complexity index is 564. The van der Waals surface area contributed by atoms with Gasteiger partial charge in [0, 0.05) is 0 Å². The summed E-state index contributed by atoms with van der Waals surface area (Å²) in [6.45, 7) is 11.4. The van der Waals surface area contributed by atoms with Crippen molar-refractivity contribution in [2.75, 3.05) is 6.61 Å². The molecule has 0 spiro atoms. The lowest BCUT2D eigenvalue weighted by atomic mass is 9.75. The van der Waals surface area contributed by atoms with Gasteiger partial charge in [0.05, 0.1) is 36.6 Å². The van der Waals surface area contributed by atoms with Gasteiger partial charge in [-0.3, -0.25) is 0 Å². The smallest absolute Gasteiger partial charge is 0.115 e. The molecule has 1 N–H and O–H groups in total. The zero-order valence-corrected chi connectivity index (χ0v) is 15.1. The molecule has 3 rings (SSSR count). The van der Waals surface area contributed by atoms with Crippen LogP contribution in [0.1, 0.15) is 51.7 Å². The lowest BCUT2D eigenvalue weighted by Gasteiger charge is -2.37. The molecule has 1 aliphatic carbocycles. The summed E-state index contributed by atoms with van der Waals surface area (Å²) in [5.41, 5.74) is 4.16. The van der Waals surface area contributed by atoms with Crippen molar-refractivity contribution in [3.63, 3.8) is 0 Å². The summed E-state index contributed by atoms with van der Waals surface area (Å²) in [5.74, 6) is 3.05. The number of hydrogen-bond donors (Lipinski definition) is 1. The number of ether oxygens (including phenoxy) is 1. The topological polar surface area (TPSA) is 46.8 Å². The standard InChI is InChI=1S/C20H30N2O2/c1-5-16-20(18-7-6-10-23-18)17(22-21-16)12-24-19-11-14(4)8-9-15(19)13(2)3/h5-7,10,13-16,19-21H,1,8-9,11-12H2,2-4H3/t14-,15+,16+,19-,20+/m1/s1. The first kappa shape index (κ1) is 17.3. The summed E-state index contributed by atoms with van der Waals surface area (Å²) in [7, 11) is 0. The summed E-state index contributed by atoms with van der Waals surface area (Å²) in [6.07, 6.45) is 7.67. The molecule has 0 aromatic carbocycles. The van der Waals surface area contributed by atoms with Crippen LogP contribution in [0.5, 0.6) is 0 Å². The number of rotatable bonds is 6. The molecule has 1 aromatic heterocycles. The highest BCUT2D eigenvalue weighted by molar-refractivity contribution is 5.93. The number of hydrogen-bond acceptors (Lipinski definition) is 4. The number of hydrazone groups is 1. The highest BCUT2D eigenvalue weighted by Crippen LogP contribution is 2.36. The maximum absolute atomic E-state index is 6.39. The van der Waals surface area contributed by atoms with Crippen molar-refractivity contribution in [3.8, 4) is 0 Å². The van der Waals surface area contributed by atoms with Crippen LogP contribution in [0.2, 0.25) is 0 Å². The molecule has 24 heavy (non-hydrogen) atoms. The van der Waals surface area contributed by atoms with Gasteiger partial charge in [0.2, 0.25) is 0 Å². The largest absolute Gasteiger partial charge is 0.469 e. The normalized spacial score (nSPS) is 33.3. The number of nitrogens with one attached hydrogen (secondary N) is 1. The molecule has 1 aromatic rings. The van der Waals surface area contributed by atoms with Crippen molar-refractivity contribution >= 4 is 5.71 Å². The maximum atomic E-state index is 6.39. The third-order valence-corrected chi connectivity index (χ3v) is 5.59. The van der Waals surface area contributed by atoms with Gasteiger partial charge < -0.3 is 14.6 Å². The highest BCUT2D eigenvalue weighted by Gasteiger charge is 2.36. The Kier molecular flexibility index (Phi) is 5.44. The fourth-order valence-corrected chi connectivity index (χ4v) is 4.13. The van der Waals surface area contributed by atoms with E-state index in [-0.39, 0.29) is 12.0 Å². The molecule has 2 heterocycles. The molecular weight excluding hydrogens is 300 g/mol. The van der Waals surface area contributed by atoms with Crippen molar-refractivity contribution in [1.29, 1.82) is 0 Å². The van der Waals surface area contributed by atoms with Gasteiger partial charge in [-0.2, -0.15) is 5.10 Å². The van der Waals surface area contributed by atoms with Crippen molar-refractivity contribution in [2.45, 2.75) is 58.1 Å². The van der Waals surface area contributed by atoms with Crippen LogP contribution in [0.4, 0.5) is 0 Å². The third-order valence-electron chi connectivity index (χ3n) is 5.59. The molecule has 0 amide bonds. The van der Waals surface area contributed by atoms with E-state index in [9.17, 15) is 0 Å². The first-order valence-corrected chi connectivity index (χ1v) is 9.19. The van der Waals surface area contributed by atoms with Crippen molar-refractivity contribution in [1.82, 2.24) is 5.43 Å². The Hall–Kier alpha value is -1.55. The second-order valence-electron chi connectivity index (χ2n) is 7.66. The molecule has 1 fully saturated rings. The quantitative estimate of drug-likeness (QED) is 0.789. The fraction of sp³-hybridized carbons (Fsp3) is 0.650. The van der Waals surface area contributed by atoms with Gasteiger partial charge in [-0.05, 0) is 42.7 Å². The van der Waals surface area contributed by atoms with Crippen molar-refractivity contribution in [3.05, 3.63) is 36.8 Å². The SMILES string of the molecule is C=C[C@@H]1NN=C(CO[C@@H]2C[C@H](C)CC[C@H]2C(C)C)[C@H]1c1ccco1. The van der Waals surface area contributed by atoms with Crippen LogP contribution in [0.15, 0.2) is 40.6 Å². The van der Waals surface area contributed by atoms with Crippen LogP contribution in [0.3, 0.4) is 0 Å². The average molecular weight is 330 g/mol. The highest BCUT2D eigenvalue weighted by atomic mass is 16.5. The van der Waals surface area contributed by atoms with Gasteiger partial charge >= 0.3 is 0 Å². The van der Waals surface area contributed by atoms with E-state index >= 15 is 0 Å². The number of furan rings is 1. The Morgan fingerprint density at radius 2 is 2.29 bits per heavy atom. The molecule has 0 unspecified atom stereocenters. The number of nitrogens with zero attached hydrogens (tertiary/aromatic N) is 1.